The molecule has 0 radical (unpaired) electrons. The van der Waals surface area contributed by atoms with E-state index in [-0.39, 0.29) is 5.56 Å². The number of pyridine rings is 1. The standard InChI is InChI=1S/C13H16N4O/c1-9(2)15-8-10-7-12(18)17-13(16-10)11-5-3-4-6-14-11/h3-7,9,15H,8H2,1-2H3,(H,16,17,18). The summed E-state index contributed by atoms with van der Waals surface area (Å²) in [7, 11) is 0. The zero-order chi connectivity index (χ0) is 13.0. The second-order valence-corrected chi connectivity index (χ2v) is 4.34. The van der Waals surface area contributed by atoms with Gasteiger partial charge in [-0.2, -0.15) is 0 Å². The molecule has 2 aromatic rings. The van der Waals surface area contributed by atoms with Crippen LogP contribution in [-0.4, -0.2) is 21.0 Å². The van der Waals surface area contributed by atoms with Gasteiger partial charge in [0, 0.05) is 24.8 Å². The fourth-order valence-corrected chi connectivity index (χ4v) is 1.53. The van der Waals surface area contributed by atoms with Gasteiger partial charge in [-0.15, -0.1) is 0 Å². The molecule has 2 heterocycles. The summed E-state index contributed by atoms with van der Waals surface area (Å²) in [5.41, 5.74) is 1.22. The van der Waals surface area contributed by atoms with E-state index in [1.165, 1.54) is 6.07 Å². The molecule has 0 atom stereocenters. The Morgan fingerprint density at radius 2 is 2.22 bits per heavy atom. The summed E-state index contributed by atoms with van der Waals surface area (Å²) in [6, 6.07) is 7.36. The van der Waals surface area contributed by atoms with Crippen molar-refractivity contribution in [1.82, 2.24) is 20.3 Å². The fourth-order valence-electron chi connectivity index (χ4n) is 1.53. The van der Waals surface area contributed by atoms with E-state index in [1.54, 1.807) is 6.20 Å². The molecule has 0 saturated carbocycles. The molecule has 5 nitrogen and oxygen atoms in total. The molecule has 18 heavy (non-hydrogen) atoms. The Labute approximate surface area is 105 Å². The number of hydrogen-bond donors (Lipinski definition) is 2. The van der Waals surface area contributed by atoms with Gasteiger partial charge >= 0.3 is 0 Å². The van der Waals surface area contributed by atoms with Crippen LogP contribution < -0.4 is 10.9 Å². The maximum atomic E-state index is 11.6. The molecule has 0 aromatic carbocycles. The van der Waals surface area contributed by atoms with Crippen LogP contribution in [-0.2, 0) is 6.54 Å². The van der Waals surface area contributed by atoms with Gasteiger partial charge in [-0.25, -0.2) is 4.98 Å². The number of nitrogens with one attached hydrogen (secondary N) is 2. The zero-order valence-electron chi connectivity index (χ0n) is 10.5. The van der Waals surface area contributed by atoms with Crippen LogP contribution in [0.3, 0.4) is 0 Å². The Bertz CT molecular complexity index is 563. The minimum atomic E-state index is -0.161. The zero-order valence-corrected chi connectivity index (χ0v) is 10.5. The summed E-state index contributed by atoms with van der Waals surface area (Å²) < 4.78 is 0. The van der Waals surface area contributed by atoms with Gasteiger partial charge in [0.25, 0.3) is 5.56 Å². The van der Waals surface area contributed by atoms with E-state index in [0.29, 0.717) is 29.8 Å². The Balaban J connectivity index is 2.30. The summed E-state index contributed by atoms with van der Waals surface area (Å²) in [5.74, 6) is 0.503. The lowest BCUT2D eigenvalue weighted by Gasteiger charge is -2.08. The fraction of sp³-hybridized carbons (Fsp3) is 0.308. The van der Waals surface area contributed by atoms with Gasteiger partial charge in [-0.05, 0) is 12.1 Å². The molecule has 0 unspecified atom stereocenters. The lowest BCUT2D eigenvalue weighted by atomic mass is 10.3. The topological polar surface area (TPSA) is 70.7 Å². The first-order chi connectivity index (χ1) is 8.65. The van der Waals surface area contributed by atoms with Crippen LogP contribution in [0.5, 0.6) is 0 Å². The van der Waals surface area contributed by atoms with E-state index in [9.17, 15) is 4.79 Å². The number of nitrogens with zero attached hydrogens (tertiary/aromatic N) is 2. The number of rotatable bonds is 4. The highest BCUT2D eigenvalue weighted by Gasteiger charge is 2.05. The first kappa shape index (κ1) is 12.4. The molecule has 94 valence electrons. The normalized spacial score (nSPS) is 10.8. The van der Waals surface area contributed by atoms with Crippen LogP contribution in [0.2, 0.25) is 0 Å². The highest BCUT2D eigenvalue weighted by atomic mass is 16.1. The SMILES string of the molecule is CC(C)NCc1cc(=O)[nH]c(-c2ccccn2)n1. The minimum Gasteiger partial charge on any atom is -0.309 e. The second-order valence-electron chi connectivity index (χ2n) is 4.34. The monoisotopic (exact) mass is 244 g/mol. The average molecular weight is 244 g/mol. The third-order valence-electron chi connectivity index (χ3n) is 2.39. The molecular formula is C13H16N4O. The predicted octanol–water partition coefficient (Wildman–Crippen LogP) is 1.33. The van der Waals surface area contributed by atoms with Gasteiger partial charge in [-0.1, -0.05) is 19.9 Å². The maximum absolute atomic E-state index is 11.6. The van der Waals surface area contributed by atoms with E-state index in [4.69, 9.17) is 0 Å². The lowest BCUT2D eigenvalue weighted by molar-refractivity contribution is 0.580. The summed E-state index contributed by atoms with van der Waals surface area (Å²) in [4.78, 5) is 22.8. The van der Waals surface area contributed by atoms with E-state index >= 15 is 0 Å². The van der Waals surface area contributed by atoms with Crippen LogP contribution in [0.25, 0.3) is 11.5 Å². The van der Waals surface area contributed by atoms with Crippen LogP contribution in [0.1, 0.15) is 19.5 Å². The molecule has 0 spiro atoms. The third kappa shape index (κ3) is 3.24. The van der Waals surface area contributed by atoms with Gasteiger partial charge in [0.1, 0.15) is 5.69 Å². The first-order valence-electron chi connectivity index (χ1n) is 5.90. The molecule has 0 amide bonds. The Morgan fingerprint density at radius 3 is 2.89 bits per heavy atom. The molecule has 0 fully saturated rings. The molecule has 0 aliphatic carbocycles. The second kappa shape index (κ2) is 5.55. The van der Waals surface area contributed by atoms with Crippen molar-refractivity contribution in [2.45, 2.75) is 26.4 Å². The molecule has 2 aromatic heterocycles. The van der Waals surface area contributed by atoms with Crippen molar-refractivity contribution in [1.29, 1.82) is 0 Å². The van der Waals surface area contributed by atoms with Gasteiger partial charge in [0.05, 0.1) is 5.69 Å². The Kier molecular flexibility index (Phi) is 3.84. The molecule has 0 aliphatic heterocycles. The van der Waals surface area contributed by atoms with Crippen LogP contribution in [0, 0.1) is 0 Å². The van der Waals surface area contributed by atoms with E-state index < -0.39 is 0 Å². The van der Waals surface area contributed by atoms with Gasteiger partial charge in [0.15, 0.2) is 5.82 Å². The van der Waals surface area contributed by atoms with Crippen molar-refractivity contribution in [3.8, 4) is 11.5 Å². The largest absolute Gasteiger partial charge is 0.309 e. The average Bonchev–Trinajstić information content (AvgIpc) is 2.37. The van der Waals surface area contributed by atoms with Gasteiger partial charge in [-0.3, -0.25) is 9.78 Å². The number of aromatic amines is 1. The van der Waals surface area contributed by atoms with Crippen LogP contribution in [0.15, 0.2) is 35.3 Å². The lowest BCUT2D eigenvalue weighted by Crippen LogP contribution is -2.24. The van der Waals surface area contributed by atoms with Crippen LogP contribution >= 0.6 is 0 Å². The minimum absolute atomic E-state index is 0.161. The molecule has 2 rings (SSSR count). The van der Waals surface area contributed by atoms with E-state index in [2.05, 4.69) is 20.3 Å². The maximum Gasteiger partial charge on any atom is 0.251 e. The molecular weight excluding hydrogens is 228 g/mol. The van der Waals surface area contributed by atoms with Crippen LogP contribution in [0.4, 0.5) is 0 Å². The summed E-state index contributed by atoms with van der Waals surface area (Å²) >= 11 is 0. The van der Waals surface area contributed by atoms with Crippen molar-refractivity contribution in [2.24, 2.45) is 0 Å². The Hall–Kier alpha value is -2.01. The van der Waals surface area contributed by atoms with Crippen molar-refractivity contribution in [3.05, 3.63) is 46.5 Å². The number of hydrogen-bond acceptors (Lipinski definition) is 4. The Morgan fingerprint density at radius 1 is 1.39 bits per heavy atom. The third-order valence-corrected chi connectivity index (χ3v) is 2.39. The molecule has 2 N–H and O–H groups in total. The molecule has 0 aliphatic rings. The van der Waals surface area contributed by atoms with Crippen molar-refractivity contribution < 1.29 is 0 Å². The van der Waals surface area contributed by atoms with Gasteiger partial charge < -0.3 is 10.3 Å². The van der Waals surface area contributed by atoms with Crippen molar-refractivity contribution in [3.63, 3.8) is 0 Å². The van der Waals surface area contributed by atoms with E-state index in [0.717, 1.165) is 0 Å². The molecule has 5 heteroatoms. The van der Waals surface area contributed by atoms with E-state index in [1.807, 2.05) is 32.0 Å². The summed E-state index contributed by atoms with van der Waals surface area (Å²) in [5, 5.41) is 3.23. The highest BCUT2D eigenvalue weighted by molar-refractivity contribution is 5.47. The van der Waals surface area contributed by atoms with Crippen molar-refractivity contribution >= 4 is 0 Å². The predicted molar refractivity (Wildman–Crippen MR) is 70.1 cm³/mol. The number of aromatic nitrogens is 3. The van der Waals surface area contributed by atoms with Gasteiger partial charge in [0.2, 0.25) is 0 Å². The first-order valence-corrected chi connectivity index (χ1v) is 5.90. The van der Waals surface area contributed by atoms with Crippen molar-refractivity contribution in [2.75, 3.05) is 0 Å². The highest BCUT2D eigenvalue weighted by Crippen LogP contribution is 2.08. The molecule has 0 bridgehead atoms. The smallest absolute Gasteiger partial charge is 0.251 e. The summed E-state index contributed by atoms with van der Waals surface area (Å²) in [6.45, 7) is 4.67. The molecule has 0 saturated heterocycles. The number of H-pyrrole nitrogens is 1. The quantitative estimate of drug-likeness (QED) is 0.851. The summed E-state index contributed by atoms with van der Waals surface area (Å²) in [6.07, 6.45) is 1.67.